The zero-order valence-corrected chi connectivity index (χ0v) is 18.4. The molecule has 2 aliphatic heterocycles. The molecule has 1 aromatic rings. The minimum Gasteiger partial charge on any atom is -0.486 e. The van der Waals surface area contributed by atoms with E-state index >= 15 is 0 Å². The maximum absolute atomic E-state index is 13.2. The third-order valence-corrected chi connectivity index (χ3v) is 6.65. The molecular formula is C19H28N4O7S. The van der Waals surface area contributed by atoms with Gasteiger partial charge in [0.25, 0.3) is 0 Å². The molecule has 11 nitrogen and oxygen atoms in total. The van der Waals surface area contributed by atoms with Crippen molar-refractivity contribution in [3.63, 3.8) is 0 Å². The number of rotatable bonds is 7. The van der Waals surface area contributed by atoms with Crippen LogP contribution in [-0.4, -0.2) is 95.8 Å². The SMILES string of the molecule is CN(C)CCNC(=O)C(=O)NCC1OCCCN1S(=O)(=O)c1ccc2c(c1)OCCO2. The minimum absolute atomic E-state index is 0.0417. The van der Waals surface area contributed by atoms with Gasteiger partial charge in [-0.25, -0.2) is 8.42 Å². The first kappa shape index (κ1) is 23.3. The lowest BCUT2D eigenvalue weighted by atomic mass is 10.3. The average Bonchev–Trinajstić information content (AvgIpc) is 2.76. The predicted molar refractivity (Wildman–Crippen MR) is 110 cm³/mol. The second kappa shape index (κ2) is 10.3. The van der Waals surface area contributed by atoms with Gasteiger partial charge in [-0.15, -0.1) is 0 Å². The van der Waals surface area contributed by atoms with E-state index in [2.05, 4.69) is 10.6 Å². The lowest BCUT2D eigenvalue weighted by Gasteiger charge is -2.34. The van der Waals surface area contributed by atoms with Gasteiger partial charge in [0, 0.05) is 25.7 Å². The number of sulfonamides is 1. The van der Waals surface area contributed by atoms with E-state index in [0.29, 0.717) is 50.8 Å². The summed E-state index contributed by atoms with van der Waals surface area (Å²) in [5.41, 5.74) is 0. The minimum atomic E-state index is -3.92. The van der Waals surface area contributed by atoms with Crippen LogP contribution in [0.25, 0.3) is 0 Å². The van der Waals surface area contributed by atoms with Crippen LogP contribution in [0.3, 0.4) is 0 Å². The molecule has 0 spiro atoms. The fourth-order valence-electron chi connectivity index (χ4n) is 3.16. The Balaban J connectivity index is 1.64. The lowest BCUT2D eigenvalue weighted by molar-refractivity contribution is -0.140. The smallest absolute Gasteiger partial charge is 0.309 e. The van der Waals surface area contributed by atoms with Crippen LogP contribution in [0.2, 0.25) is 0 Å². The van der Waals surface area contributed by atoms with Crippen molar-refractivity contribution in [3.8, 4) is 11.5 Å². The van der Waals surface area contributed by atoms with E-state index in [9.17, 15) is 18.0 Å². The number of benzene rings is 1. The molecule has 2 heterocycles. The highest BCUT2D eigenvalue weighted by molar-refractivity contribution is 7.89. The third kappa shape index (κ3) is 5.85. The number of fused-ring (bicyclic) bond motifs is 1. The van der Waals surface area contributed by atoms with Crippen molar-refractivity contribution in [2.75, 3.05) is 60.1 Å². The van der Waals surface area contributed by atoms with Gasteiger partial charge in [-0.2, -0.15) is 4.31 Å². The van der Waals surface area contributed by atoms with Crippen LogP contribution in [0.4, 0.5) is 0 Å². The molecule has 0 radical (unpaired) electrons. The summed E-state index contributed by atoms with van der Waals surface area (Å²) in [6.45, 7) is 2.09. The Labute approximate surface area is 181 Å². The van der Waals surface area contributed by atoms with Crippen LogP contribution in [0, 0.1) is 0 Å². The molecule has 1 saturated heterocycles. The Morgan fingerprint density at radius 3 is 2.55 bits per heavy atom. The quantitative estimate of drug-likeness (QED) is 0.500. The van der Waals surface area contributed by atoms with E-state index in [1.54, 1.807) is 6.07 Å². The van der Waals surface area contributed by atoms with Crippen molar-refractivity contribution in [2.45, 2.75) is 17.5 Å². The van der Waals surface area contributed by atoms with Crippen LogP contribution in [-0.2, 0) is 24.3 Å². The number of hydrogen-bond donors (Lipinski definition) is 2. The van der Waals surface area contributed by atoms with Gasteiger partial charge in [0.1, 0.15) is 19.4 Å². The fraction of sp³-hybridized carbons (Fsp3) is 0.579. The van der Waals surface area contributed by atoms with Crippen LogP contribution in [0.5, 0.6) is 11.5 Å². The average molecular weight is 457 g/mol. The Kier molecular flexibility index (Phi) is 7.70. The molecule has 3 rings (SSSR count). The number of nitrogens with zero attached hydrogens (tertiary/aromatic N) is 2. The Morgan fingerprint density at radius 2 is 1.81 bits per heavy atom. The number of ether oxygens (including phenoxy) is 3. The number of hydrogen-bond acceptors (Lipinski definition) is 8. The van der Waals surface area contributed by atoms with Gasteiger partial charge in [-0.3, -0.25) is 9.59 Å². The number of amides is 2. The highest BCUT2D eigenvalue weighted by atomic mass is 32.2. The molecule has 2 amide bonds. The van der Waals surface area contributed by atoms with Crippen molar-refractivity contribution >= 4 is 21.8 Å². The van der Waals surface area contributed by atoms with Gasteiger partial charge in [0.2, 0.25) is 10.0 Å². The maximum Gasteiger partial charge on any atom is 0.309 e. The van der Waals surface area contributed by atoms with E-state index in [0.717, 1.165) is 0 Å². The summed E-state index contributed by atoms with van der Waals surface area (Å²) in [4.78, 5) is 25.9. The molecule has 0 aromatic heterocycles. The maximum atomic E-state index is 13.2. The zero-order chi connectivity index (χ0) is 22.4. The molecule has 1 unspecified atom stereocenters. The van der Waals surface area contributed by atoms with E-state index in [1.165, 1.54) is 16.4 Å². The van der Waals surface area contributed by atoms with Gasteiger partial charge in [-0.05, 0) is 32.6 Å². The van der Waals surface area contributed by atoms with Crippen molar-refractivity contribution in [1.29, 1.82) is 0 Å². The summed E-state index contributed by atoms with van der Waals surface area (Å²) >= 11 is 0. The molecule has 12 heteroatoms. The van der Waals surface area contributed by atoms with Crippen molar-refractivity contribution in [3.05, 3.63) is 18.2 Å². The van der Waals surface area contributed by atoms with Crippen LogP contribution in [0.15, 0.2) is 23.1 Å². The van der Waals surface area contributed by atoms with Gasteiger partial charge in [0.15, 0.2) is 11.5 Å². The topological polar surface area (TPSA) is 127 Å². The molecule has 2 aliphatic rings. The molecular weight excluding hydrogens is 428 g/mol. The second-order valence-corrected chi connectivity index (χ2v) is 9.26. The second-order valence-electron chi connectivity index (χ2n) is 7.37. The summed E-state index contributed by atoms with van der Waals surface area (Å²) in [5.74, 6) is -0.766. The molecule has 31 heavy (non-hydrogen) atoms. The zero-order valence-electron chi connectivity index (χ0n) is 17.6. The van der Waals surface area contributed by atoms with E-state index in [4.69, 9.17) is 14.2 Å². The Morgan fingerprint density at radius 1 is 1.10 bits per heavy atom. The molecule has 2 N–H and O–H groups in total. The monoisotopic (exact) mass is 456 g/mol. The molecule has 172 valence electrons. The summed E-state index contributed by atoms with van der Waals surface area (Å²) < 4.78 is 44.1. The summed E-state index contributed by atoms with van der Waals surface area (Å²) in [6.07, 6.45) is -0.412. The first-order valence-electron chi connectivity index (χ1n) is 10.0. The summed E-state index contributed by atoms with van der Waals surface area (Å²) in [5, 5.41) is 4.96. The van der Waals surface area contributed by atoms with Crippen molar-refractivity contribution in [2.24, 2.45) is 0 Å². The van der Waals surface area contributed by atoms with E-state index in [1.807, 2.05) is 19.0 Å². The lowest BCUT2D eigenvalue weighted by Crippen LogP contribution is -2.53. The number of carbonyl (C=O) groups excluding carboxylic acids is 2. The number of likely N-dealkylation sites (N-methyl/N-ethyl adjacent to an activating group) is 1. The fourth-order valence-corrected chi connectivity index (χ4v) is 4.74. The molecule has 1 aromatic carbocycles. The van der Waals surface area contributed by atoms with Gasteiger partial charge in [-0.1, -0.05) is 0 Å². The highest BCUT2D eigenvalue weighted by Gasteiger charge is 2.35. The van der Waals surface area contributed by atoms with E-state index in [-0.39, 0.29) is 18.0 Å². The summed E-state index contributed by atoms with van der Waals surface area (Å²) in [6, 6.07) is 4.43. The molecule has 0 aliphatic carbocycles. The largest absolute Gasteiger partial charge is 0.486 e. The van der Waals surface area contributed by atoms with Crippen molar-refractivity contribution in [1.82, 2.24) is 19.8 Å². The van der Waals surface area contributed by atoms with E-state index < -0.39 is 28.1 Å². The van der Waals surface area contributed by atoms with Gasteiger partial charge in [0.05, 0.1) is 18.0 Å². The normalized spacial score (nSPS) is 19.1. The van der Waals surface area contributed by atoms with Gasteiger partial charge < -0.3 is 29.7 Å². The predicted octanol–water partition coefficient (Wildman–Crippen LogP) is -1.01. The highest BCUT2D eigenvalue weighted by Crippen LogP contribution is 2.34. The first-order chi connectivity index (χ1) is 14.8. The Bertz CT molecular complexity index is 907. The third-order valence-electron chi connectivity index (χ3n) is 4.76. The molecule has 0 bridgehead atoms. The molecule has 1 fully saturated rings. The van der Waals surface area contributed by atoms with Crippen LogP contribution < -0.4 is 20.1 Å². The standard InChI is InChI=1S/C19H28N4O7S/c1-22(2)8-6-20-18(24)19(25)21-13-17-23(7-3-9-30-17)31(26,27)14-4-5-15-16(12-14)29-11-10-28-15/h4-5,12,17H,3,6-11,13H2,1-2H3,(H,20,24)(H,21,25). The van der Waals surface area contributed by atoms with Crippen molar-refractivity contribution < 1.29 is 32.2 Å². The molecule has 1 atom stereocenters. The van der Waals surface area contributed by atoms with Crippen LogP contribution in [0.1, 0.15) is 6.42 Å². The number of carbonyl (C=O) groups is 2. The Hall–Kier alpha value is -2.41. The van der Waals surface area contributed by atoms with Crippen LogP contribution >= 0.6 is 0 Å². The molecule has 0 saturated carbocycles. The summed E-state index contributed by atoms with van der Waals surface area (Å²) in [7, 11) is -0.220. The first-order valence-corrected chi connectivity index (χ1v) is 11.5. The van der Waals surface area contributed by atoms with Gasteiger partial charge >= 0.3 is 11.8 Å². The number of nitrogens with one attached hydrogen (secondary N) is 2.